The molecule has 2 heteroatoms. The molecule has 2 nitrogen and oxygen atoms in total. The Kier molecular flexibility index (Phi) is 7.92. The molecular weight excluding hydrogens is 220 g/mol. The van der Waals surface area contributed by atoms with Crippen molar-refractivity contribution in [2.75, 3.05) is 26.2 Å². The lowest BCUT2D eigenvalue weighted by Gasteiger charge is -2.31. The third-order valence-corrected chi connectivity index (χ3v) is 4.61. The Bertz CT molecular complexity index is 197. The number of likely N-dealkylation sites (tertiary alicyclic amines) is 1. The highest BCUT2D eigenvalue weighted by molar-refractivity contribution is 4.72. The molecule has 1 rings (SSSR count). The van der Waals surface area contributed by atoms with Gasteiger partial charge in [0.15, 0.2) is 0 Å². The average molecular weight is 254 g/mol. The lowest BCUT2D eigenvalue weighted by atomic mass is 9.97. The van der Waals surface area contributed by atoms with Gasteiger partial charge in [-0.1, -0.05) is 34.1 Å². The minimum Gasteiger partial charge on any atom is -0.313 e. The Hall–Kier alpha value is -0.0800. The first-order valence-electron chi connectivity index (χ1n) is 8.11. The molecule has 1 N–H and O–H groups in total. The van der Waals surface area contributed by atoms with Gasteiger partial charge in [-0.3, -0.25) is 0 Å². The van der Waals surface area contributed by atoms with Crippen LogP contribution in [-0.4, -0.2) is 37.1 Å². The number of hydrogen-bond acceptors (Lipinski definition) is 2. The average Bonchev–Trinajstić information content (AvgIpc) is 2.39. The van der Waals surface area contributed by atoms with Crippen molar-refractivity contribution in [3.05, 3.63) is 0 Å². The zero-order valence-electron chi connectivity index (χ0n) is 13.0. The van der Waals surface area contributed by atoms with E-state index in [4.69, 9.17) is 0 Å². The fraction of sp³-hybridized carbons (Fsp3) is 1.00. The van der Waals surface area contributed by atoms with E-state index in [1.807, 2.05) is 0 Å². The van der Waals surface area contributed by atoms with Crippen LogP contribution in [0.2, 0.25) is 0 Å². The highest BCUT2D eigenvalue weighted by atomic mass is 15.1. The lowest BCUT2D eigenvalue weighted by Crippen LogP contribution is -2.40. The second-order valence-corrected chi connectivity index (χ2v) is 6.33. The van der Waals surface area contributed by atoms with Gasteiger partial charge in [0, 0.05) is 19.1 Å². The van der Waals surface area contributed by atoms with Crippen molar-refractivity contribution in [2.45, 2.75) is 65.8 Å². The van der Waals surface area contributed by atoms with E-state index in [0.29, 0.717) is 0 Å². The van der Waals surface area contributed by atoms with E-state index >= 15 is 0 Å². The summed E-state index contributed by atoms with van der Waals surface area (Å²) in [6.07, 6.45) is 6.70. The van der Waals surface area contributed by atoms with Crippen molar-refractivity contribution in [2.24, 2.45) is 11.8 Å². The quantitative estimate of drug-likeness (QED) is 0.713. The molecule has 1 saturated heterocycles. The van der Waals surface area contributed by atoms with Gasteiger partial charge >= 0.3 is 0 Å². The molecule has 0 aromatic rings. The molecule has 2 unspecified atom stereocenters. The molecule has 0 aliphatic carbocycles. The van der Waals surface area contributed by atoms with Crippen LogP contribution in [0.4, 0.5) is 0 Å². The minimum absolute atomic E-state index is 0.726. The molecule has 0 amide bonds. The highest BCUT2D eigenvalue weighted by Crippen LogP contribution is 2.15. The summed E-state index contributed by atoms with van der Waals surface area (Å²) in [5.41, 5.74) is 0. The maximum Gasteiger partial charge on any atom is 0.0107 e. The van der Waals surface area contributed by atoms with Crippen LogP contribution in [-0.2, 0) is 0 Å². The lowest BCUT2D eigenvalue weighted by molar-refractivity contribution is 0.190. The van der Waals surface area contributed by atoms with Crippen LogP contribution in [0.1, 0.15) is 59.8 Å². The van der Waals surface area contributed by atoms with Crippen molar-refractivity contribution < 1.29 is 0 Å². The molecular formula is C16H34N2. The molecule has 108 valence electrons. The van der Waals surface area contributed by atoms with Crippen molar-refractivity contribution in [1.82, 2.24) is 10.2 Å². The Labute approximate surface area is 115 Å². The molecule has 0 radical (unpaired) electrons. The molecule has 2 atom stereocenters. The monoisotopic (exact) mass is 254 g/mol. The summed E-state index contributed by atoms with van der Waals surface area (Å²) in [6, 6.07) is 0.726. The zero-order chi connectivity index (χ0) is 13.4. The first-order chi connectivity index (χ1) is 8.65. The van der Waals surface area contributed by atoms with Crippen LogP contribution in [0.5, 0.6) is 0 Å². The molecule has 1 heterocycles. The van der Waals surface area contributed by atoms with E-state index < -0.39 is 0 Å². The predicted octanol–water partition coefficient (Wildman–Crippen LogP) is 3.52. The number of nitrogens with one attached hydrogen (secondary N) is 1. The molecule has 1 aliphatic rings. The topological polar surface area (TPSA) is 15.3 Å². The second kappa shape index (κ2) is 8.92. The first kappa shape index (κ1) is 16.0. The Morgan fingerprint density at radius 3 is 2.39 bits per heavy atom. The second-order valence-electron chi connectivity index (χ2n) is 6.33. The molecule has 1 fully saturated rings. The van der Waals surface area contributed by atoms with E-state index in [1.165, 1.54) is 58.3 Å². The van der Waals surface area contributed by atoms with Gasteiger partial charge in [-0.2, -0.15) is 0 Å². The summed E-state index contributed by atoms with van der Waals surface area (Å²) in [5.74, 6) is 1.81. The van der Waals surface area contributed by atoms with E-state index in [1.54, 1.807) is 0 Å². The van der Waals surface area contributed by atoms with Crippen LogP contribution in [0, 0.1) is 11.8 Å². The summed E-state index contributed by atoms with van der Waals surface area (Å²) < 4.78 is 0. The van der Waals surface area contributed by atoms with Crippen LogP contribution in [0.15, 0.2) is 0 Å². The van der Waals surface area contributed by atoms with E-state index in [0.717, 1.165) is 17.9 Å². The third kappa shape index (κ3) is 6.19. The minimum atomic E-state index is 0.726. The Morgan fingerprint density at radius 1 is 1.17 bits per heavy atom. The van der Waals surface area contributed by atoms with E-state index in [2.05, 4.69) is 37.9 Å². The van der Waals surface area contributed by atoms with Crippen molar-refractivity contribution >= 4 is 0 Å². The maximum atomic E-state index is 3.75. The van der Waals surface area contributed by atoms with E-state index in [-0.39, 0.29) is 0 Å². The summed E-state index contributed by atoms with van der Waals surface area (Å²) in [7, 11) is 0. The molecule has 0 aromatic heterocycles. The third-order valence-electron chi connectivity index (χ3n) is 4.61. The molecule has 0 bridgehead atoms. The van der Waals surface area contributed by atoms with Gasteiger partial charge in [-0.15, -0.1) is 0 Å². The predicted molar refractivity (Wildman–Crippen MR) is 81.0 cm³/mol. The molecule has 18 heavy (non-hydrogen) atoms. The van der Waals surface area contributed by atoms with Gasteiger partial charge in [0.25, 0.3) is 0 Å². The number of piperidine rings is 1. The molecule has 0 spiro atoms. The zero-order valence-corrected chi connectivity index (χ0v) is 13.0. The van der Waals surface area contributed by atoms with Crippen LogP contribution in [0.25, 0.3) is 0 Å². The summed E-state index contributed by atoms with van der Waals surface area (Å²) >= 11 is 0. The molecule has 0 saturated carbocycles. The van der Waals surface area contributed by atoms with E-state index in [9.17, 15) is 0 Å². The van der Waals surface area contributed by atoms with Gasteiger partial charge in [0.05, 0.1) is 0 Å². The standard InChI is InChI=1S/C16H34N2/c1-5-14(3)13-16(6-2)17-9-12-18-10-7-15(4)8-11-18/h14-17H,5-13H2,1-4H3. The number of hydrogen-bond donors (Lipinski definition) is 1. The summed E-state index contributed by atoms with van der Waals surface area (Å²) in [5, 5.41) is 3.75. The smallest absolute Gasteiger partial charge is 0.0107 e. The van der Waals surface area contributed by atoms with Gasteiger partial charge in [-0.25, -0.2) is 0 Å². The van der Waals surface area contributed by atoms with Gasteiger partial charge < -0.3 is 10.2 Å². The number of rotatable bonds is 8. The summed E-state index contributed by atoms with van der Waals surface area (Å²) in [6.45, 7) is 14.4. The van der Waals surface area contributed by atoms with Crippen molar-refractivity contribution in [3.63, 3.8) is 0 Å². The SMILES string of the molecule is CCC(C)CC(CC)NCCN1CCC(C)CC1. The first-order valence-corrected chi connectivity index (χ1v) is 8.11. The van der Waals surface area contributed by atoms with Gasteiger partial charge in [-0.05, 0) is 50.6 Å². The van der Waals surface area contributed by atoms with Gasteiger partial charge in [0.2, 0.25) is 0 Å². The van der Waals surface area contributed by atoms with Crippen molar-refractivity contribution in [1.29, 1.82) is 0 Å². The number of nitrogens with zero attached hydrogens (tertiary/aromatic N) is 1. The molecule has 1 aliphatic heterocycles. The fourth-order valence-corrected chi connectivity index (χ4v) is 2.76. The normalized spacial score (nSPS) is 22.0. The van der Waals surface area contributed by atoms with Gasteiger partial charge in [0.1, 0.15) is 0 Å². The van der Waals surface area contributed by atoms with Crippen molar-refractivity contribution in [3.8, 4) is 0 Å². The van der Waals surface area contributed by atoms with Crippen LogP contribution < -0.4 is 5.32 Å². The summed E-state index contributed by atoms with van der Waals surface area (Å²) in [4.78, 5) is 2.63. The molecule has 0 aromatic carbocycles. The Morgan fingerprint density at radius 2 is 1.83 bits per heavy atom. The Balaban J connectivity index is 2.11. The largest absolute Gasteiger partial charge is 0.313 e. The maximum absolute atomic E-state index is 3.75. The van der Waals surface area contributed by atoms with Crippen LogP contribution >= 0.6 is 0 Å². The highest BCUT2D eigenvalue weighted by Gasteiger charge is 2.15. The van der Waals surface area contributed by atoms with Crippen LogP contribution in [0.3, 0.4) is 0 Å². The fourth-order valence-electron chi connectivity index (χ4n) is 2.76.